The van der Waals surface area contributed by atoms with Crippen molar-refractivity contribution in [1.82, 2.24) is 19.5 Å². The van der Waals surface area contributed by atoms with Gasteiger partial charge >= 0.3 is 0 Å². The quantitative estimate of drug-likeness (QED) is 0.868. The zero-order chi connectivity index (χ0) is 13.0. The van der Waals surface area contributed by atoms with Gasteiger partial charge in [-0.3, -0.25) is 0 Å². The highest BCUT2D eigenvalue weighted by Gasteiger charge is 2.10. The van der Waals surface area contributed by atoms with E-state index in [4.69, 9.17) is 4.74 Å². The highest BCUT2D eigenvalue weighted by molar-refractivity contribution is 5.55. The van der Waals surface area contributed by atoms with Gasteiger partial charge in [0.2, 0.25) is 0 Å². The first-order chi connectivity index (χ1) is 8.78. The maximum Gasteiger partial charge on any atom is 0.158 e. The van der Waals surface area contributed by atoms with Gasteiger partial charge in [0.1, 0.15) is 18.1 Å². The van der Waals surface area contributed by atoms with E-state index in [9.17, 15) is 0 Å². The number of aromatic nitrogens is 4. The van der Waals surface area contributed by atoms with Crippen molar-refractivity contribution >= 4 is 5.82 Å². The molecule has 0 unspecified atom stereocenters. The van der Waals surface area contributed by atoms with E-state index in [2.05, 4.69) is 27.2 Å². The molecule has 6 heteroatoms. The van der Waals surface area contributed by atoms with Gasteiger partial charge in [-0.15, -0.1) is 0 Å². The maximum absolute atomic E-state index is 5.08. The lowest BCUT2D eigenvalue weighted by Crippen LogP contribution is -2.05. The number of ether oxygens (including phenoxy) is 1. The summed E-state index contributed by atoms with van der Waals surface area (Å²) < 4.78 is 7.12. The maximum atomic E-state index is 5.08. The normalized spacial score (nSPS) is 10.6. The first-order valence-corrected chi connectivity index (χ1v) is 5.84. The molecule has 2 rings (SSSR count). The van der Waals surface area contributed by atoms with E-state index in [1.807, 2.05) is 23.9 Å². The zero-order valence-corrected chi connectivity index (χ0v) is 10.8. The summed E-state index contributed by atoms with van der Waals surface area (Å²) in [6.07, 6.45) is 3.71. The van der Waals surface area contributed by atoms with Gasteiger partial charge in [0, 0.05) is 39.2 Å². The molecule has 0 atom stereocenters. The summed E-state index contributed by atoms with van der Waals surface area (Å²) in [7, 11) is 3.46. The SMILES string of the molecule is CCn1ccnc1-c1cc(NC)nc(COC)n1. The minimum Gasteiger partial charge on any atom is -0.377 e. The molecule has 0 bridgehead atoms. The van der Waals surface area contributed by atoms with Crippen LogP contribution in [0.4, 0.5) is 5.82 Å². The molecule has 96 valence electrons. The van der Waals surface area contributed by atoms with Crippen molar-refractivity contribution in [2.24, 2.45) is 0 Å². The van der Waals surface area contributed by atoms with Crippen LogP contribution in [0.2, 0.25) is 0 Å². The van der Waals surface area contributed by atoms with Crippen molar-refractivity contribution in [1.29, 1.82) is 0 Å². The van der Waals surface area contributed by atoms with Gasteiger partial charge in [-0.1, -0.05) is 0 Å². The summed E-state index contributed by atoms with van der Waals surface area (Å²) in [6.45, 7) is 3.31. The Kier molecular flexibility index (Phi) is 3.88. The smallest absolute Gasteiger partial charge is 0.158 e. The van der Waals surface area contributed by atoms with Crippen molar-refractivity contribution in [2.45, 2.75) is 20.1 Å². The zero-order valence-electron chi connectivity index (χ0n) is 10.8. The number of rotatable bonds is 5. The predicted octanol–water partition coefficient (Wildman–Crippen LogP) is 1.55. The average molecular weight is 247 g/mol. The largest absolute Gasteiger partial charge is 0.377 e. The van der Waals surface area contributed by atoms with Crippen LogP contribution < -0.4 is 5.32 Å². The summed E-state index contributed by atoms with van der Waals surface area (Å²) in [6, 6.07) is 1.88. The van der Waals surface area contributed by atoms with E-state index in [0.29, 0.717) is 12.4 Å². The van der Waals surface area contributed by atoms with E-state index in [-0.39, 0.29) is 0 Å². The minimum atomic E-state index is 0.384. The Morgan fingerprint density at radius 1 is 1.39 bits per heavy atom. The molecule has 0 saturated heterocycles. The molecule has 0 radical (unpaired) electrons. The van der Waals surface area contributed by atoms with Crippen LogP contribution >= 0.6 is 0 Å². The molecule has 0 saturated carbocycles. The first kappa shape index (κ1) is 12.5. The fourth-order valence-electron chi connectivity index (χ4n) is 1.73. The van der Waals surface area contributed by atoms with E-state index in [1.165, 1.54) is 0 Å². The van der Waals surface area contributed by atoms with Crippen LogP contribution in [-0.4, -0.2) is 33.7 Å². The highest BCUT2D eigenvalue weighted by atomic mass is 16.5. The van der Waals surface area contributed by atoms with Gasteiger partial charge in [-0.2, -0.15) is 0 Å². The number of hydrogen-bond acceptors (Lipinski definition) is 5. The third kappa shape index (κ3) is 2.48. The van der Waals surface area contributed by atoms with Crippen molar-refractivity contribution in [2.75, 3.05) is 19.5 Å². The van der Waals surface area contributed by atoms with Crippen LogP contribution in [0.15, 0.2) is 18.5 Å². The molecule has 2 aromatic rings. The van der Waals surface area contributed by atoms with Crippen molar-refractivity contribution in [3.05, 3.63) is 24.3 Å². The van der Waals surface area contributed by atoms with E-state index in [0.717, 1.165) is 23.9 Å². The second-order valence-electron chi connectivity index (χ2n) is 3.77. The molecule has 1 N–H and O–H groups in total. The number of aryl methyl sites for hydroxylation is 1. The fraction of sp³-hybridized carbons (Fsp3) is 0.417. The van der Waals surface area contributed by atoms with E-state index in [1.54, 1.807) is 13.3 Å². The van der Waals surface area contributed by atoms with Crippen LogP contribution in [0.25, 0.3) is 11.5 Å². The van der Waals surface area contributed by atoms with Crippen molar-refractivity contribution < 1.29 is 4.74 Å². The summed E-state index contributed by atoms with van der Waals surface area (Å²) >= 11 is 0. The molecule has 0 aliphatic rings. The predicted molar refractivity (Wildman–Crippen MR) is 69.2 cm³/mol. The Bertz CT molecular complexity index is 523. The van der Waals surface area contributed by atoms with E-state index >= 15 is 0 Å². The number of nitrogens with zero attached hydrogens (tertiary/aromatic N) is 4. The Morgan fingerprint density at radius 2 is 2.22 bits per heavy atom. The number of nitrogens with one attached hydrogen (secondary N) is 1. The number of imidazole rings is 1. The lowest BCUT2D eigenvalue weighted by Gasteiger charge is -2.08. The summed E-state index contributed by atoms with van der Waals surface area (Å²) in [5, 5.41) is 3.02. The first-order valence-electron chi connectivity index (χ1n) is 5.84. The third-order valence-corrected chi connectivity index (χ3v) is 2.59. The Balaban J connectivity index is 2.46. The Morgan fingerprint density at radius 3 is 2.89 bits per heavy atom. The van der Waals surface area contributed by atoms with Gasteiger partial charge in [0.15, 0.2) is 11.6 Å². The molecule has 0 aromatic carbocycles. The monoisotopic (exact) mass is 247 g/mol. The Labute approximate surface area is 106 Å². The van der Waals surface area contributed by atoms with Gasteiger partial charge in [0.05, 0.1) is 0 Å². The second-order valence-corrected chi connectivity index (χ2v) is 3.77. The molecule has 0 aliphatic heterocycles. The molecule has 2 heterocycles. The van der Waals surface area contributed by atoms with Crippen LogP contribution in [0.3, 0.4) is 0 Å². The van der Waals surface area contributed by atoms with Crippen molar-refractivity contribution in [3.63, 3.8) is 0 Å². The van der Waals surface area contributed by atoms with Crippen LogP contribution in [-0.2, 0) is 17.9 Å². The van der Waals surface area contributed by atoms with Crippen LogP contribution in [0, 0.1) is 0 Å². The van der Waals surface area contributed by atoms with Gasteiger partial charge in [0.25, 0.3) is 0 Å². The number of anilines is 1. The second kappa shape index (κ2) is 5.59. The summed E-state index contributed by atoms with van der Waals surface area (Å²) in [4.78, 5) is 13.1. The molecular formula is C12H17N5O. The summed E-state index contributed by atoms with van der Waals surface area (Å²) in [5.74, 6) is 2.25. The standard InChI is InChI=1S/C12H17N5O/c1-4-17-6-5-14-12(17)9-7-10(13-2)16-11(15-9)8-18-3/h5-7H,4,8H2,1-3H3,(H,13,15,16). The molecular weight excluding hydrogens is 230 g/mol. The topological polar surface area (TPSA) is 64.9 Å². The molecule has 18 heavy (non-hydrogen) atoms. The molecule has 0 spiro atoms. The fourth-order valence-corrected chi connectivity index (χ4v) is 1.73. The molecule has 6 nitrogen and oxygen atoms in total. The van der Waals surface area contributed by atoms with E-state index < -0.39 is 0 Å². The number of hydrogen-bond donors (Lipinski definition) is 1. The average Bonchev–Trinajstić information content (AvgIpc) is 2.87. The third-order valence-electron chi connectivity index (χ3n) is 2.59. The van der Waals surface area contributed by atoms with Gasteiger partial charge in [-0.05, 0) is 6.92 Å². The highest BCUT2D eigenvalue weighted by Crippen LogP contribution is 2.18. The van der Waals surface area contributed by atoms with Crippen LogP contribution in [0.5, 0.6) is 0 Å². The Hall–Kier alpha value is -1.95. The van der Waals surface area contributed by atoms with Gasteiger partial charge in [-0.25, -0.2) is 15.0 Å². The number of methoxy groups -OCH3 is 1. The lowest BCUT2D eigenvalue weighted by atomic mass is 10.3. The lowest BCUT2D eigenvalue weighted by molar-refractivity contribution is 0.178. The van der Waals surface area contributed by atoms with Crippen LogP contribution in [0.1, 0.15) is 12.7 Å². The minimum absolute atomic E-state index is 0.384. The molecule has 0 fully saturated rings. The molecule has 0 aliphatic carbocycles. The van der Waals surface area contributed by atoms with Gasteiger partial charge < -0.3 is 14.6 Å². The van der Waals surface area contributed by atoms with Crippen molar-refractivity contribution in [3.8, 4) is 11.5 Å². The molecule has 2 aromatic heterocycles. The molecule has 0 amide bonds. The summed E-state index contributed by atoms with van der Waals surface area (Å²) in [5.41, 5.74) is 0.799.